The van der Waals surface area contributed by atoms with Gasteiger partial charge in [0.15, 0.2) is 6.10 Å². The number of hydrogen-bond donors (Lipinski definition) is 3. The molecule has 1 unspecified atom stereocenters. The van der Waals surface area contributed by atoms with E-state index in [1.54, 1.807) is 0 Å². The summed E-state index contributed by atoms with van der Waals surface area (Å²) < 4.78 is 13.4. The summed E-state index contributed by atoms with van der Waals surface area (Å²) in [6, 6.07) is 2.41. The SMILES string of the molecule is O=C(NCC(O)C(=O)O)c1ccc([N+](=O)[O-])cc1F. The molecule has 3 N–H and O–H groups in total. The third kappa shape index (κ3) is 3.71. The Labute approximate surface area is 105 Å². The van der Waals surface area contributed by atoms with Crippen LogP contribution in [0.1, 0.15) is 10.4 Å². The standard InChI is InChI=1S/C10H9FN2O6/c11-7-3-5(13(18)19)1-2-6(7)9(15)12-4-8(14)10(16)17/h1-3,8,14H,4H2,(H,12,15)(H,16,17). The summed E-state index contributed by atoms with van der Waals surface area (Å²) in [6.45, 7) is -0.607. The van der Waals surface area contributed by atoms with E-state index in [1.807, 2.05) is 5.32 Å². The summed E-state index contributed by atoms with van der Waals surface area (Å²) in [5.74, 6) is -3.63. The van der Waals surface area contributed by atoms with E-state index in [2.05, 4.69) is 0 Å². The number of non-ortho nitro benzene ring substituents is 1. The number of aliphatic hydroxyl groups is 1. The second-order valence-corrected chi connectivity index (χ2v) is 3.49. The van der Waals surface area contributed by atoms with Crippen LogP contribution in [0.4, 0.5) is 10.1 Å². The average Bonchev–Trinajstić information content (AvgIpc) is 2.34. The van der Waals surface area contributed by atoms with Gasteiger partial charge >= 0.3 is 5.97 Å². The molecule has 0 spiro atoms. The van der Waals surface area contributed by atoms with Gasteiger partial charge in [0.25, 0.3) is 11.6 Å². The Bertz CT molecular complexity index is 533. The number of nitrogens with one attached hydrogen (secondary N) is 1. The Morgan fingerprint density at radius 1 is 1.47 bits per heavy atom. The van der Waals surface area contributed by atoms with Gasteiger partial charge in [-0.3, -0.25) is 14.9 Å². The quantitative estimate of drug-likeness (QED) is 0.507. The predicted octanol–water partition coefficient (Wildman–Crippen LogP) is -0.0908. The number of carboxylic acid groups (broad SMARTS) is 1. The first-order chi connectivity index (χ1) is 8.82. The van der Waals surface area contributed by atoms with Crippen LogP contribution in [0, 0.1) is 15.9 Å². The fourth-order valence-corrected chi connectivity index (χ4v) is 1.17. The van der Waals surface area contributed by atoms with Crippen molar-refractivity contribution in [3.8, 4) is 0 Å². The van der Waals surface area contributed by atoms with Crippen molar-refractivity contribution >= 4 is 17.6 Å². The Morgan fingerprint density at radius 2 is 2.11 bits per heavy atom. The highest BCUT2D eigenvalue weighted by Gasteiger charge is 2.18. The van der Waals surface area contributed by atoms with Crippen LogP contribution in [0.2, 0.25) is 0 Å². The van der Waals surface area contributed by atoms with Gasteiger partial charge < -0.3 is 15.5 Å². The van der Waals surface area contributed by atoms with Crippen molar-refractivity contribution in [1.29, 1.82) is 0 Å². The van der Waals surface area contributed by atoms with E-state index in [9.17, 15) is 24.1 Å². The molecule has 0 saturated carbocycles. The highest BCUT2D eigenvalue weighted by atomic mass is 19.1. The summed E-state index contributed by atoms with van der Waals surface area (Å²) in [5.41, 5.74) is -0.997. The van der Waals surface area contributed by atoms with Crippen molar-refractivity contribution in [1.82, 2.24) is 5.32 Å². The number of aliphatic hydroxyl groups excluding tert-OH is 1. The molecule has 1 atom stereocenters. The maximum absolute atomic E-state index is 13.4. The third-order valence-electron chi connectivity index (χ3n) is 2.15. The van der Waals surface area contributed by atoms with Crippen LogP contribution in [0.5, 0.6) is 0 Å². The van der Waals surface area contributed by atoms with E-state index in [0.29, 0.717) is 6.07 Å². The number of rotatable bonds is 5. The molecule has 0 fully saturated rings. The second kappa shape index (κ2) is 5.87. The van der Waals surface area contributed by atoms with Gasteiger partial charge in [0, 0.05) is 6.07 Å². The van der Waals surface area contributed by atoms with Crippen LogP contribution in [-0.4, -0.2) is 39.7 Å². The summed E-state index contributed by atoms with van der Waals surface area (Å²) in [6.07, 6.45) is -1.81. The zero-order valence-corrected chi connectivity index (χ0v) is 9.37. The number of nitro benzene ring substituents is 1. The minimum absolute atomic E-state index is 0.483. The number of carbonyl (C=O) groups excluding carboxylic acids is 1. The number of aliphatic carboxylic acids is 1. The lowest BCUT2D eigenvalue weighted by atomic mass is 10.1. The van der Waals surface area contributed by atoms with Crippen molar-refractivity contribution in [2.75, 3.05) is 6.54 Å². The highest BCUT2D eigenvalue weighted by molar-refractivity contribution is 5.95. The molecule has 0 aliphatic carbocycles. The number of hydrogen-bond acceptors (Lipinski definition) is 5. The molecule has 0 aliphatic heterocycles. The molecule has 0 radical (unpaired) electrons. The topological polar surface area (TPSA) is 130 Å². The maximum Gasteiger partial charge on any atom is 0.334 e. The van der Waals surface area contributed by atoms with Crippen molar-refractivity contribution in [2.45, 2.75) is 6.10 Å². The number of halogens is 1. The summed E-state index contributed by atoms with van der Waals surface area (Å²) in [4.78, 5) is 31.3. The summed E-state index contributed by atoms with van der Waals surface area (Å²) >= 11 is 0. The van der Waals surface area contributed by atoms with Crippen LogP contribution in [-0.2, 0) is 4.79 Å². The molecule has 0 heterocycles. The molecule has 1 amide bonds. The molecular formula is C10H9FN2O6. The summed E-state index contributed by atoms with van der Waals surface area (Å²) in [7, 11) is 0. The fourth-order valence-electron chi connectivity index (χ4n) is 1.17. The first-order valence-electron chi connectivity index (χ1n) is 4.96. The molecule has 8 nitrogen and oxygen atoms in total. The Balaban J connectivity index is 2.78. The molecule has 0 aliphatic rings. The Kier molecular flexibility index (Phi) is 4.48. The van der Waals surface area contributed by atoms with E-state index in [4.69, 9.17) is 10.2 Å². The number of nitro groups is 1. The molecule has 9 heteroatoms. The molecule has 1 aromatic rings. The maximum atomic E-state index is 13.4. The van der Waals surface area contributed by atoms with Gasteiger partial charge in [0.2, 0.25) is 0 Å². The fraction of sp³-hybridized carbons (Fsp3) is 0.200. The predicted molar refractivity (Wildman–Crippen MR) is 59.0 cm³/mol. The largest absolute Gasteiger partial charge is 0.479 e. The smallest absolute Gasteiger partial charge is 0.334 e. The van der Waals surface area contributed by atoms with Gasteiger partial charge in [-0.15, -0.1) is 0 Å². The van der Waals surface area contributed by atoms with Crippen molar-refractivity contribution in [3.05, 3.63) is 39.7 Å². The average molecular weight is 272 g/mol. The number of benzene rings is 1. The molecule has 1 rings (SSSR count). The minimum Gasteiger partial charge on any atom is -0.479 e. The van der Waals surface area contributed by atoms with E-state index < -0.39 is 46.5 Å². The zero-order valence-electron chi connectivity index (χ0n) is 9.37. The molecule has 1 aromatic carbocycles. The van der Waals surface area contributed by atoms with Crippen molar-refractivity contribution < 1.29 is 29.1 Å². The Morgan fingerprint density at radius 3 is 2.58 bits per heavy atom. The normalized spacial score (nSPS) is 11.7. The first-order valence-corrected chi connectivity index (χ1v) is 4.96. The van der Waals surface area contributed by atoms with Crippen LogP contribution < -0.4 is 5.32 Å². The van der Waals surface area contributed by atoms with Gasteiger partial charge in [-0.25, -0.2) is 9.18 Å². The number of amides is 1. The molecule has 0 saturated heterocycles. The molecule has 102 valence electrons. The second-order valence-electron chi connectivity index (χ2n) is 3.49. The lowest BCUT2D eigenvalue weighted by Crippen LogP contribution is -2.36. The molecule has 19 heavy (non-hydrogen) atoms. The van der Waals surface area contributed by atoms with Crippen molar-refractivity contribution in [3.63, 3.8) is 0 Å². The van der Waals surface area contributed by atoms with Gasteiger partial charge in [-0.1, -0.05) is 0 Å². The lowest BCUT2D eigenvalue weighted by molar-refractivity contribution is -0.385. The van der Waals surface area contributed by atoms with E-state index in [1.165, 1.54) is 0 Å². The lowest BCUT2D eigenvalue weighted by Gasteiger charge is -2.08. The van der Waals surface area contributed by atoms with Crippen LogP contribution in [0.25, 0.3) is 0 Å². The summed E-state index contributed by atoms with van der Waals surface area (Å²) in [5, 5.41) is 29.6. The van der Waals surface area contributed by atoms with Crippen LogP contribution in [0.15, 0.2) is 18.2 Å². The van der Waals surface area contributed by atoms with Crippen LogP contribution in [0.3, 0.4) is 0 Å². The molecular weight excluding hydrogens is 263 g/mol. The Hall–Kier alpha value is -2.55. The van der Waals surface area contributed by atoms with Gasteiger partial charge in [0.1, 0.15) is 5.82 Å². The van der Waals surface area contributed by atoms with Crippen molar-refractivity contribution in [2.24, 2.45) is 0 Å². The zero-order chi connectivity index (χ0) is 14.6. The van der Waals surface area contributed by atoms with Gasteiger partial charge in [-0.05, 0) is 6.07 Å². The van der Waals surface area contributed by atoms with E-state index in [0.717, 1.165) is 12.1 Å². The van der Waals surface area contributed by atoms with Crippen LogP contribution >= 0.6 is 0 Å². The number of carbonyl (C=O) groups is 2. The van der Waals surface area contributed by atoms with E-state index >= 15 is 0 Å². The third-order valence-corrected chi connectivity index (χ3v) is 2.15. The van der Waals surface area contributed by atoms with Gasteiger partial charge in [-0.2, -0.15) is 0 Å². The minimum atomic E-state index is -1.81. The first kappa shape index (κ1) is 14.5. The number of nitrogens with zero attached hydrogens (tertiary/aromatic N) is 1. The molecule has 0 aromatic heterocycles. The number of carboxylic acids is 1. The monoisotopic (exact) mass is 272 g/mol. The van der Waals surface area contributed by atoms with E-state index in [-0.39, 0.29) is 0 Å². The molecule has 0 bridgehead atoms. The van der Waals surface area contributed by atoms with Gasteiger partial charge in [0.05, 0.1) is 23.1 Å². The highest BCUT2D eigenvalue weighted by Crippen LogP contribution is 2.16.